The summed E-state index contributed by atoms with van der Waals surface area (Å²) in [6, 6.07) is 3.14. The topological polar surface area (TPSA) is 93.0 Å². The van der Waals surface area contributed by atoms with E-state index in [1.54, 1.807) is 11.0 Å². The van der Waals surface area contributed by atoms with Crippen LogP contribution in [0.2, 0.25) is 0 Å². The molecule has 0 bridgehead atoms. The lowest BCUT2D eigenvalue weighted by molar-refractivity contribution is 0.0918. The first kappa shape index (κ1) is 19.0. The number of hydrogen-bond donors (Lipinski definition) is 1. The lowest BCUT2D eigenvalue weighted by Crippen LogP contribution is -2.44. The van der Waals surface area contributed by atoms with Gasteiger partial charge in [0.2, 0.25) is 5.95 Å². The van der Waals surface area contributed by atoms with E-state index in [2.05, 4.69) is 20.4 Å². The van der Waals surface area contributed by atoms with Gasteiger partial charge in [-0.05, 0) is 24.8 Å². The van der Waals surface area contributed by atoms with Crippen molar-refractivity contribution >= 4 is 11.9 Å². The maximum atomic E-state index is 12.6. The van der Waals surface area contributed by atoms with Crippen LogP contribution in [0.3, 0.4) is 0 Å². The van der Waals surface area contributed by atoms with Crippen molar-refractivity contribution in [3.63, 3.8) is 0 Å². The van der Waals surface area contributed by atoms with Crippen LogP contribution >= 0.6 is 0 Å². The predicted molar refractivity (Wildman–Crippen MR) is 103 cm³/mol. The lowest BCUT2D eigenvalue weighted by atomic mass is 10.0. The van der Waals surface area contributed by atoms with E-state index in [0.29, 0.717) is 24.0 Å². The molecule has 0 spiro atoms. The van der Waals surface area contributed by atoms with Gasteiger partial charge in [0.15, 0.2) is 0 Å². The number of rotatable bonds is 7. The summed E-state index contributed by atoms with van der Waals surface area (Å²) in [4.78, 5) is 34.9. The zero-order valence-corrected chi connectivity index (χ0v) is 16.2. The van der Waals surface area contributed by atoms with E-state index in [4.69, 9.17) is 0 Å². The first-order chi connectivity index (χ1) is 12.8. The minimum Gasteiger partial charge on any atom is -0.347 e. The Balaban J connectivity index is 1.73. The van der Waals surface area contributed by atoms with Crippen molar-refractivity contribution in [2.75, 3.05) is 19.0 Å². The highest BCUT2D eigenvalue weighted by molar-refractivity contribution is 5.93. The normalized spacial score (nSPS) is 14.9. The predicted octanol–water partition coefficient (Wildman–Crippen LogP) is 1.43. The molecule has 0 aliphatic heterocycles. The van der Waals surface area contributed by atoms with Gasteiger partial charge in [-0.1, -0.05) is 13.8 Å². The molecule has 1 fully saturated rings. The number of carbonyl (C=O) groups is 1. The molecule has 1 amide bonds. The lowest BCUT2D eigenvalue weighted by Gasteiger charge is -2.23. The van der Waals surface area contributed by atoms with Gasteiger partial charge >= 0.3 is 0 Å². The van der Waals surface area contributed by atoms with Crippen molar-refractivity contribution in [1.82, 2.24) is 25.1 Å². The Morgan fingerprint density at radius 1 is 1.26 bits per heavy atom. The summed E-state index contributed by atoms with van der Waals surface area (Å²) in [7, 11) is 3.68. The smallest absolute Gasteiger partial charge is 0.266 e. The van der Waals surface area contributed by atoms with Crippen LogP contribution in [-0.4, -0.2) is 45.8 Å². The second-order valence-corrected chi connectivity index (χ2v) is 7.54. The SMILES string of the molecule is CC(C)[C@H](Cn1nc(C2CC2)ccc1=O)NC(=O)c1cnc(N(C)C)nc1. The Morgan fingerprint density at radius 2 is 1.93 bits per heavy atom. The summed E-state index contributed by atoms with van der Waals surface area (Å²) >= 11 is 0. The molecule has 2 aromatic rings. The number of hydrogen-bond acceptors (Lipinski definition) is 6. The van der Waals surface area contributed by atoms with Crippen LogP contribution in [0, 0.1) is 5.92 Å². The minimum absolute atomic E-state index is 0.134. The molecule has 2 aromatic heterocycles. The van der Waals surface area contributed by atoms with Crippen LogP contribution < -0.4 is 15.8 Å². The molecule has 27 heavy (non-hydrogen) atoms. The zero-order valence-electron chi connectivity index (χ0n) is 16.2. The van der Waals surface area contributed by atoms with E-state index in [1.807, 2.05) is 34.0 Å². The standard InChI is InChI=1S/C19H26N6O2/c1-12(2)16(11-25-17(26)8-7-15(23-25)13-5-6-13)22-18(27)14-9-20-19(21-10-14)24(3)4/h7-10,12-13,16H,5-6,11H2,1-4H3,(H,22,27)/t16-/m0/s1. The van der Waals surface area contributed by atoms with Crippen molar-refractivity contribution in [3.8, 4) is 0 Å². The quantitative estimate of drug-likeness (QED) is 0.793. The molecule has 0 saturated heterocycles. The summed E-state index contributed by atoms with van der Waals surface area (Å²) < 4.78 is 1.46. The van der Waals surface area contributed by atoms with Gasteiger partial charge in [-0.2, -0.15) is 5.10 Å². The van der Waals surface area contributed by atoms with Crippen LogP contribution in [-0.2, 0) is 6.54 Å². The van der Waals surface area contributed by atoms with Crippen LogP contribution in [0.5, 0.6) is 0 Å². The van der Waals surface area contributed by atoms with E-state index in [-0.39, 0.29) is 23.4 Å². The van der Waals surface area contributed by atoms with Gasteiger partial charge in [0.05, 0.1) is 23.8 Å². The molecule has 0 unspecified atom stereocenters. The number of amides is 1. The number of aromatic nitrogens is 4. The molecule has 1 aliphatic rings. The van der Waals surface area contributed by atoms with Gasteiger partial charge in [0, 0.05) is 38.5 Å². The Bertz CT molecular complexity index is 855. The molecule has 1 N–H and O–H groups in total. The Hall–Kier alpha value is -2.77. The minimum atomic E-state index is -0.259. The summed E-state index contributed by atoms with van der Waals surface area (Å²) in [5.41, 5.74) is 1.19. The van der Waals surface area contributed by atoms with Gasteiger partial charge in [0.1, 0.15) is 0 Å². The Morgan fingerprint density at radius 3 is 2.48 bits per heavy atom. The molecule has 8 nitrogen and oxygen atoms in total. The molecule has 1 saturated carbocycles. The van der Waals surface area contributed by atoms with Crippen LogP contribution in [0.1, 0.15) is 48.7 Å². The van der Waals surface area contributed by atoms with E-state index >= 15 is 0 Å². The highest BCUT2D eigenvalue weighted by Crippen LogP contribution is 2.38. The van der Waals surface area contributed by atoms with Gasteiger partial charge in [-0.15, -0.1) is 0 Å². The third kappa shape index (κ3) is 4.69. The molecule has 0 aromatic carbocycles. The fourth-order valence-electron chi connectivity index (χ4n) is 2.72. The van der Waals surface area contributed by atoms with Gasteiger partial charge < -0.3 is 10.2 Å². The molecule has 3 rings (SSSR count). The van der Waals surface area contributed by atoms with E-state index in [9.17, 15) is 9.59 Å². The van der Waals surface area contributed by atoms with Crippen molar-refractivity contribution in [3.05, 3.63) is 46.1 Å². The van der Waals surface area contributed by atoms with Gasteiger partial charge in [0.25, 0.3) is 11.5 Å². The third-order valence-corrected chi connectivity index (χ3v) is 4.67. The highest BCUT2D eigenvalue weighted by atomic mass is 16.2. The van der Waals surface area contributed by atoms with E-state index in [1.165, 1.54) is 17.1 Å². The molecular weight excluding hydrogens is 344 g/mol. The van der Waals surface area contributed by atoms with Crippen LogP contribution in [0.15, 0.2) is 29.3 Å². The fraction of sp³-hybridized carbons (Fsp3) is 0.526. The maximum Gasteiger partial charge on any atom is 0.266 e. The Labute approximate surface area is 158 Å². The molecule has 2 heterocycles. The molecule has 1 aliphatic carbocycles. The first-order valence-corrected chi connectivity index (χ1v) is 9.23. The molecular formula is C19H26N6O2. The zero-order chi connectivity index (χ0) is 19.6. The second-order valence-electron chi connectivity index (χ2n) is 7.54. The van der Waals surface area contributed by atoms with E-state index < -0.39 is 0 Å². The number of nitrogens with zero attached hydrogens (tertiary/aromatic N) is 5. The van der Waals surface area contributed by atoms with Crippen molar-refractivity contribution in [2.24, 2.45) is 5.92 Å². The first-order valence-electron chi connectivity index (χ1n) is 9.23. The van der Waals surface area contributed by atoms with Crippen LogP contribution in [0.4, 0.5) is 5.95 Å². The number of nitrogens with one attached hydrogen (secondary N) is 1. The summed E-state index contributed by atoms with van der Waals surface area (Å²) in [6.07, 6.45) is 5.26. The third-order valence-electron chi connectivity index (χ3n) is 4.67. The Kier molecular flexibility index (Phi) is 5.53. The number of carbonyl (C=O) groups excluding carboxylic acids is 1. The van der Waals surface area contributed by atoms with Crippen LogP contribution in [0.25, 0.3) is 0 Å². The number of anilines is 1. The maximum absolute atomic E-state index is 12.6. The molecule has 144 valence electrons. The monoisotopic (exact) mass is 370 g/mol. The molecule has 1 atom stereocenters. The van der Waals surface area contributed by atoms with E-state index in [0.717, 1.165) is 18.5 Å². The average Bonchev–Trinajstić information content (AvgIpc) is 3.47. The largest absolute Gasteiger partial charge is 0.347 e. The second kappa shape index (κ2) is 7.85. The fourth-order valence-corrected chi connectivity index (χ4v) is 2.72. The van der Waals surface area contributed by atoms with Crippen molar-refractivity contribution in [2.45, 2.75) is 45.2 Å². The van der Waals surface area contributed by atoms with Gasteiger partial charge in [-0.3, -0.25) is 9.59 Å². The summed E-state index contributed by atoms with van der Waals surface area (Å²) in [5, 5.41) is 7.48. The molecule has 0 radical (unpaired) electrons. The van der Waals surface area contributed by atoms with Gasteiger partial charge in [-0.25, -0.2) is 14.6 Å². The average molecular weight is 370 g/mol. The highest BCUT2D eigenvalue weighted by Gasteiger charge is 2.26. The summed E-state index contributed by atoms with van der Waals surface area (Å²) in [6.45, 7) is 4.35. The molecule has 8 heteroatoms. The van der Waals surface area contributed by atoms with Crippen molar-refractivity contribution in [1.29, 1.82) is 0 Å². The van der Waals surface area contributed by atoms with Crippen molar-refractivity contribution < 1.29 is 4.79 Å². The summed E-state index contributed by atoms with van der Waals surface area (Å²) in [5.74, 6) is 0.885.